The van der Waals surface area contributed by atoms with E-state index in [1.807, 2.05) is 55.5 Å². The van der Waals surface area contributed by atoms with Gasteiger partial charge in [0.1, 0.15) is 4.66 Å². The Morgan fingerprint density at radius 1 is 0.906 bits per heavy atom. The molecule has 0 radical (unpaired) electrons. The summed E-state index contributed by atoms with van der Waals surface area (Å²) >= 11 is 2.85. The number of thiazole rings is 1. The highest BCUT2D eigenvalue weighted by molar-refractivity contribution is 8.10. The molecule has 3 heterocycles. The van der Waals surface area contributed by atoms with Crippen molar-refractivity contribution in [3.8, 4) is 0 Å². The minimum Gasteiger partial charge on any atom is -0.348 e. The molecule has 0 bridgehead atoms. The van der Waals surface area contributed by atoms with Crippen LogP contribution in [-0.4, -0.2) is 16.9 Å². The van der Waals surface area contributed by atoms with Crippen molar-refractivity contribution >= 4 is 51.1 Å². The Bertz CT molecular complexity index is 1470. The van der Waals surface area contributed by atoms with Crippen LogP contribution in [0.2, 0.25) is 0 Å². The number of benzene rings is 2. The van der Waals surface area contributed by atoms with E-state index < -0.39 is 0 Å². The molecule has 2 aliphatic heterocycles. The van der Waals surface area contributed by atoms with E-state index >= 15 is 0 Å². The number of hydrogen-bond donors (Lipinski definition) is 0. The Morgan fingerprint density at radius 2 is 1.66 bits per heavy atom. The van der Waals surface area contributed by atoms with Gasteiger partial charge in [-0.2, -0.15) is 0 Å². The van der Waals surface area contributed by atoms with Crippen LogP contribution in [0, 0.1) is 0 Å². The fraction of sp³-hybridized carbons (Fsp3) is 0.154. The summed E-state index contributed by atoms with van der Waals surface area (Å²) in [5.74, 6) is 0.00255. The van der Waals surface area contributed by atoms with E-state index in [1.165, 1.54) is 23.1 Å². The maximum atomic E-state index is 13.1. The summed E-state index contributed by atoms with van der Waals surface area (Å²) in [4.78, 5) is 29.9. The molecule has 0 N–H and O–H groups in total. The second kappa shape index (κ2) is 8.45. The molecule has 0 amide bonds. The fourth-order valence-electron chi connectivity index (χ4n) is 4.05. The lowest BCUT2D eigenvalue weighted by molar-refractivity contribution is 0.105. The third-order valence-electron chi connectivity index (χ3n) is 5.68. The van der Waals surface area contributed by atoms with Gasteiger partial charge in [0.2, 0.25) is 5.78 Å². The van der Waals surface area contributed by atoms with Gasteiger partial charge in [-0.05, 0) is 49.8 Å². The monoisotopic (exact) mass is 458 g/mol. The second-order valence-electron chi connectivity index (χ2n) is 7.48. The Balaban J connectivity index is 1.64. The Hall–Kier alpha value is -3.09. The summed E-state index contributed by atoms with van der Waals surface area (Å²) in [5, 5.41) is 0. The van der Waals surface area contributed by atoms with E-state index in [0.29, 0.717) is 21.5 Å². The highest BCUT2D eigenvalue weighted by Gasteiger charge is 2.27. The van der Waals surface area contributed by atoms with Gasteiger partial charge >= 0.3 is 0 Å². The lowest BCUT2D eigenvalue weighted by Gasteiger charge is -2.26. The smallest absolute Gasteiger partial charge is 0.269 e. The van der Waals surface area contributed by atoms with Gasteiger partial charge in [0.05, 0.1) is 9.44 Å². The van der Waals surface area contributed by atoms with Gasteiger partial charge in [-0.1, -0.05) is 48.2 Å². The number of aromatic nitrogens is 1. The van der Waals surface area contributed by atoms with Gasteiger partial charge in [-0.15, -0.1) is 11.3 Å². The molecule has 0 saturated heterocycles. The van der Waals surface area contributed by atoms with E-state index in [0.717, 1.165) is 32.9 Å². The zero-order valence-corrected chi connectivity index (χ0v) is 19.5. The van der Waals surface area contributed by atoms with Crippen molar-refractivity contribution in [2.75, 3.05) is 11.4 Å². The van der Waals surface area contributed by atoms with Crippen molar-refractivity contribution < 1.29 is 4.79 Å². The van der Waals surface area contributed by atoms with E-state index in [-0.39, 0.29) is 11.3 Å². The average Bonchev–Trinajstić information content (AvgIpc) is 3.33. The molecule has 0 aliphatic carbocycles. The molecular formula is C26H22N2O2S2. The molecule has 0 fully saturated rings. The quantitative estimate of drug-likeness (QED) is 0.589. The Kier molecular flexibility index (Phi) is 5.49. The summed E-state index contributed by atoms with van der Waals surface area (Å²) in [6, 6.07) is 15.9. The van der Waals surface area contributed by atoms with Crippen LogP contribution in [0.1, 0.15) is 29.8 Å². The van der Waals surface area contributed by atoms with Gasteiger partial charge in [0, 0.05) is 41.0 Å². The molecule has 160 valence electrons. The third-order valence-corrected chi connectivity index (χ3v) is 8.12. The lowest BCUT2D eigenvalue weighted by atomic mass is 9.99. The van der Waals surface area contributed by atoms with Crippen molar-refractivity contribution in [1.82, 2.24) is 4.57 Å². The molecule has 0 spiro atoms. The topological polar surface area (TPSA) is 42.3 Å². The number of hydrogen-bond acceptors (Lipinski definition) is 5. The molecule has 1 aromatic heterocycles. The second-order valence-corrected chi connectivity index (χ2v) is 9.57. The molecule has 6 heteroatoms. The van der Waals surface area contributed by atoms with E-state index in [4.69, 9.17) is 0 Å². The number of carbonyl (C=O) groups excluding carboxylic acids is 1. The molecule has 2 aliphatic rings. The van der Waals surface area contributed by atoms with Crippen molar-refractivity contribution in [1.29, 1.82) is 0 Å². The minimum absolute atomic E-state index is 0.00255. The molecular weight excluding hydrogens is 436 g/mol. The van der Waals surface area contributed by atoms with Gasteiger partial charge in [0.15, 0.2) is 0 Å². The molecule has 4 nitrogen and oxygen atoms in total. The highest BCUT2D eigenvalue weighted by Crippen LogP contribution is 2.40. The molecule has 2 aromatic carbocycles. The number of nitrogens with zero attached hydrogens (tertiary/aromatic N) is 2. The molecule has 0 unspecified atom stereocenters. The number of fused-ring (bicyclic) bond motifs is 2. The normalized spacial score (nSPS) is 18.4. The number of thioether (sulfide) groups is 1. The first-order chi connectivity index (χ1) is 15.6. The number of carbonyl (C=O) groups is 1. The van der Waals surface area contributed by atoms with Crippen molar-refractivity contribution in [2.24, 2.45) is 0 Å². The molecule has 32 heavy (non-hydrogen) atoms. The highest BCUT2D eigenvalue weighted by atomic mass is 32.2. The standard InChI is InChI=1S/C26H22N2O2S2/c1-3-27-16-15-17(18-9-5-7-11-20(18)27)13-14-22-25(30)28(4-2)26(32-22)24-23(29)19-10-6-8-12-21(19)31-24/h5-16H,3-4H2,1-2H3/b17-13+,22-14?,26-24?. The van der Waals surface area contributed by atoms with Crippen LogP contribution < -0.4 is 19.7 Å². The SMILES string of the molecule is CCN1C=C/C(=C\C=c2sc(=C3Sc4ccccc4C3=O)n(CC)c2=O)c2ccccc21. The average molecular weight is 459 g/mol. The molecule has 0 atom stereocenters. The summed E-state index contributed by atoms with van der Waals surface area (Å²) < 4.78 is 3.09. The van der Waals surface area contributed by atoms with Crippen molar-refractivity contribution in [3.63, 3.8) is 0 Å². The van der Waals surface area contributed by atoms with Crippen LogP contribution in [0.5, 0.6) is 0 Å². The zero-order valence-electron chi connectivity index (χ0n) is 17.9. The van der Waals surface area contributed by atoms with Gasteiger partial charge in [-0.3, -0.25) is 14.2 Å². The molecule has 5 rings (SSSR count). The fourth-order valence-corrected chi connectivity index (χ4v) is 6.38. The van der Waals surface area contributed by atoms with E-state index in [9.17, 15) is 9.59 Å². The maximum Gasteiger partial charge on any atom is 0.269 e. The van der Waals surface area contributed by atoms with Gasteiger partial charge in [0.25, 0.3) is 5.56 Å². The summed E-state index contributed by atoms with van der Waals surface area (Å²) in [6.45, 7) is 5.49. The van der Waals surface area contributed by atoms with Crippen molar-refractivity contribution in [3.05, 3.63) is 97.6 Å². The van der Waals surface area contributed by atoms with Crippen molar-refractivity contribution in [2.45, 2.75) is 25.3 Å². The van der Waals surface area contributed by atoms with Crippen LogP contribution in [0.3, 0.4) is 0 Å². The number of para-hydroxylation sites is 1. The van der Waals surface area contributed by atoms with Crippen LogP contribution >= 0.6 is 23.1 Å². The number of rotatable bonds is 3. The summed E-state index contributed by atoms with van der Waals surface area (Å²) in [6.07, 6.45) is 8.05. The maximum absolute atomic E-state index is 13.1. The number of anilines is 1. The predicted octanol–water partition coefficient (Wildman–Crippen LogP) is 4.24. The summed E-state index contributed by atoms with van der Waals surface area (Å²) in [5.41, 5.74) is 4.04. The zero-order chi connectivity index (χ0) is 22.2. The van der Waals surface area contributed by atoms with Crippen LogP contribution in [-0.2, 0) is 6.54 Å². The number of ketones is 1. The summed E-state index contributed by atoms with van der Waals surface area (Å²) in [7, 11) is 0. The number of allylic oxidation sites excluding steroid dienone is 3. The third kappa shape index (κ3) is 3.40. The molecule has 0 saturated carbocycles. The number of Topliss-reactive ketones (excluding diaryl/α,β-unsaturated/α-hetero) is 1. The van der Waals surface area contributed by atoms with Crippen LogP contribution in [0.4, 0.5) is 5.69 Å². The largest absolute Gasteiger partial charge is 0.348 e. The molecule has 3 aromatic rings. The first kappa shape index (κ1) is 20.8. The minimum atomic E-state index is -0.0514. The Morgan fingerprint density at radius 3 is 2.41 bits per heavy atom. The Labute approximate surface area is 194 Å². The van der Waals surface area contributed by atoms with Gasteiger partial charge in [-0.25, -0.2) is 0 Å². The van der Waals surface area contributed by atoms with E-state index in [1.54, 1.807) is 4.57 Å². The van der Waals surface area contributed by atoms with Gasteiger partial charge < -0.3 is 4.90 Å². The van der Waals surface area contributed by atoms with Crippen LogP contribution in [0.15, 0.2) is 76.6 Å². The van der Waals surface area contributed by atoms with Crippen LogP contribution in [0.25, 0.3) is 16.6 Å². The van der Waals surface area contributed by atoms with E-state index in [2.05, 4.69) is 36.2 Å². The first-order valence-corrected chi connectivity index (χ1v) is 12.3. The first-order valence-electron chi connectivity index (χ1n) is 10.6. The lowest BCUT2D eigenvalue weighted by Crippen LogP contribution is -2.31. The predicted molar refractivity (Wildman–Crippen MR) is 135 cm³/mol.